The summed E-state index contributed by atoms with van der Waals surface area (Å²) in [5.74, 6) is 0.642. The smallest absolute Gasteiger partial charge is 0.290 e. The Morgan fingerprint density at radius 1 is 1.07 bits per heavy atom. The molecule has 0 spiro atoms. The van der Waals surface area contributed by atoms with Crippen molar-refractivity contribution in [2.24, 2.45) is 0 Å². The highest BCUT2D eigenvalue weighted by Crippen LogP contribution is 2.38. The van der Waals surface area contributed by atoms with Gasteiger partial charge < -0.3 is 14.1 Å². The van der Waals surface area contributed by atoms with Crippen LogP contribution in [0.2, 0.25) is 0 Å². The molecule has 1 unspecified atom stereocenters. The van der Waals surface area contributed by atoms with Crippen molar-refractivity contribution >= 4 is 16.9 Å². The molecule has 2 aromatic carbocycles. The zero-order valence-corrected chi connectivity index (χ0v) is 16.1. The highest BCUT2D eigenvalue weighted by atomic mass is 16.5. The number of hydrogen-bond acceptors (Lipinski definition) is 4. The topological polar surface area (TPSA) is 59.8 Å². The molecular weight excluding hydrogens is 354 g/mol. The van der Waals surface area contributed by atoms with Gasteiger partial charge in [-0.2, -0.15) is 0 Å². The molecular formula is C23H23NO4. The molecule has 5 heteroatoms. The zero-order chi connectivity index (χ0) is 19.7. The van der Waals surface area contributed by atoms with Gasteiger partial charge in [-0.3, -0.25) is 9.59 Å². The second-order valence-electron chi connectivity index (χ2n) is 6.94. The van der Waals surface area contributed by atoms with Crippen molar-refractivity contribution in [2.45, 2.75) is 32.7 Å². The highest BCUT2D eigenvalue weighted by molar-refractivity contribution is 5.99. The van der Waals surface area contributed by atoms with Crippen LogP contribution in [0.1, 0.15) is 54.4 Å². The van der Waals surface area contributed by atoms with Crippen molar-refractivity contribution < 1.29 is 13.9 Å². The van der Waals surface area contributed by atoms with Gasteiger partial charge in [0, 0.05) is 6.54 Å². The lowest BCUT2D eigenvalue weighted by Gasteiger charge is -2.23. The Bertz CT molecular complexity index is 1090. The molecule has 0 N–H and O–H groups in total. The van der Waals surface area contributed by atoms with Crippen molar-refractivity contribution in [1.82, 2.24) is 4.90 Å². The third-order valence-corrected chi connectivity index (χ3v) is 5.15. The minimum absolute atomic E-state index is 0.146. The van der Waals surface area contributed by atoms with E-state index in [2.05, 4.69) is 6.92 Å². The van der Waals surface area contributed by atoms with Gasteiger partial charge in [-0.15, -0.1) is 0 Å². The van der Waals surface area contributed by atoms with E-state index in [4.69, 9.17) is 9.15 Å². The number of amides is 1. The van der Waals surface area contributed by atoms with Crippen molar-refractivity contribution in [3.8, 4) is 5.75 Å². The minimum Gasteiger partial charge on any atom is -0.494 e. The van der Waals surface area contributed by atoms with Gasteiger partial charge in [0.15, 0.2) is 5.43 Å². The van der Waals surface area contributed by atoms with E-state index in [1.165, 1.54) is 0 Å². The molecule has 0 saturated heterocycles. The predicted octanol–water partition coefficient (Wildman–Crippen LogP) is 4.54. The lowest BCUT2D eigenvalue weighted by Crippen LogP contribution is -2.29. The van der Waals surface area contributed by atoms with Crippen LogP contribution in [0.5, 0.6) is 5.75 Å². The SMILES string of the molecule is CCCCOc1cccc(C2c3c(oc4ccccc4c3=O)C(=O)N2CC)c1. The lowest BCUT2D eigenvalue weighted by molar-refractivity contribution is 0.0737. The number of rotatable bonds is 6. The van der Waals surface area contributed by atoms with Crippen molar-refractivity contribution in [2.75, 3.05) is 13.2 Å². The number of carbonyl (C=O) groups is 1. The van der Waals surface area contributed by atoms with Gasteiger partial charge in [-0.05, 0) is 43.2 Å². The molecule has 144 valence electrons. The molecule has 5 nitrogen and oxygen atoms in total. The van der Waals surface area contributed by atoms with Crippen LogP contribution in [0.4, 0.5) is 0 Å². The van der Waals surface area contributed by atoms with Crippen LogP contribution in [0.3, 0.4) is 0 Å². The largest absolute Gasteiger partial charge is 0.494 e. The number of ether oxygens (including phenoxy) is 1. The molecule has 0 fully saturated rings. The fourth-order valence-corrected chi connectivity index (χ4v) is 3.75. The molecule has 1 aliphatic heterocycles. The second-order valence-corrected chi connectivity index (χ2v) is 6.94. The van der Waals surface area contributed by atoms with Crippen LogP contribution in [0, 0.1) is 0 Å². The first kappa shape index (κ1) is 18.3. The fraction of sp³-hybridized carbons (Fsp3) is 0.304. The van der Waals surface area contributed by atoms with E-state index in [0.29, 0.717) is 29.7 Å². The van der Waals surface area contributed by atoms with Gasteiger partial charge in [0.05, 0.1) is 23.6 Å². The summed E-state index contributed by atoms with van der Waals surface area (Å²) in [5, 5.41) is 0.493. The predicted molar refractivity (Wildman–Crippen MR) is 108 cm³/mol. The van der Waals surface area contributed by atoms with Crippen molar-refractivity contribution in [1.29, 1.82) is 0 Å². The molecule has 0 radical (unpaired) electrons. The Balaban J connectivity index is 1.84. The molecule has 1 amide bonds. The van der Waals surface area contributed by atoms with E-state index in [9.17, 15) is 9.59 Å². The van der Waals surface area contributed by atoms with E-state index in [-0.39, 0.29) is 17.1 Å². The normalized spacial score (nSPS) is 15.9. The first-order valence-corrected chi connectivity index (χ1v) is 9.75. The average molecular weight is 377 g/mol. The van der Waals surface area contributed by atoms with Gasteiger partial charge in [0.25, 0.3) is 5.91 Å². The summed E-state index contributed by atoms with van der Waals surface area (Å²) in [6.45, 7) is 5.14. The Hall–Kier alpha value is -3.08. The monoisotopic (exact) mass is 377 g/mol. The van der Waals surface area contributed by atoms with Crippen molar-refractivity contribution in [3.05, 3.63) is 75.6 Å². The van der Waals surface area contributed by atoms with E-state index in [0.717, 1.165) is 24.2 Å². The van der Waals surface area contributed by atoms with Gasteiger partial charge in [-0.25, -0.2) is 0 Å². The highest BCUT2D eigenvalue weighted by Gasteiger charge is 2.41. The van der Waals surface area contributed by atoms with Gasteiger partial charge in [-0.1, -0.05) is 37.6 Å². The first-order valence-electron chi connectivity index (χ1n) is 9.75. The maximum atomic E-state index is 13.2. The summed E-state index contributed by atoms with van der Waals surface area (Å²) in [5.41, 5.74) is 1.55. The Morgan fingerprint density at radius 2 is 1.89 bits per heavy atom. The zero-order valence-electron chi connectivity index (χ0n) is 16.1. The van der Waals surface area contributed by atoms with Gasteiger partial charge >= 0.3 is 0 Å². The second kappa shape index (κ2) is 7.50. The van der Waals surface area contributed by atoms with Crippen LogP contribution >= 0.6 is 0 Å². The maximum Gasteiger partial charge on any atom is 0.290 e. The Kier molecular flexibility index (Phi) is 4.90. The maximum absolute atomic E-state index is 13.2. The van der Waals surface area contributed by atoms with Crippen LogP contribution in [0.15, 0.2) is 57.7 Å². The van der Waals surface area contributed by atoms with E-state index >= 15 is 0 Å². The molecule has 2 heterocycles. The third-order valence-electron chi connectivity index (χ3n) is 5.15. The summed E-state index contributed by atoms with van der Waals surface area (Å²) < 4.78 is 11.7. The number of benzene rings is 2. The number of nitrogens with zero attached hydrogens (tertiary/aromatic N) is 1. The number of para-hydroxylation sites is 1. The van der Waals surface area contributed by atoms with Crippen LogP contribution in [-0.2, 0) is 0 Å². The number of carbonyl (C=O) groups excluding carboxylic acids is 1. The van der Waals surface area contributed by atoms with E-state index in [1.54, 1.807) is 29.2 Å². The first-order chi connectivity index (χ1) is 13.7. The minimum atomic E-state index is -0.469. The molecule has 3 aromatic rings. The lowest BCUT2D eigenvalue weighted by atomic mass is 9.98. The van der Waals surface area contributed by atoms with Crippen LogP contribution in [0.25, 0.3) is 11.0 Å². The molecule has 1 aliphatic rings. The van der Waals surface area contributed by atoms with Crippen LogP contribution < -0.4 is 10.2 Å². The quantitative estimate of drug-likeness (QED) is 0.592. The third kappa shape index (κ3) is 2.97. The van der Waals surface area contributed by atoms with E-state index < -0.39 is 6.04 Å². The molecule has 0 bridgehead atoms. The molecule has 28 heavy (non-hydrogen) atoms. The van der Waals surface area contributed by atoms with Crippen molar-refractivity contribution in [3.63, 3.8) is 0 Å². The molecule has 0 saturated carbocycles. The molecule has 0 aliphatic carbocycles. The standard InChI is InChI=1S/C23H23NO4/c1-3-5-13-27-16-10-8-9-15(14-16)20-19-21(25)17-11-6-7-12-18(17)28-22(19)23(26)24(20)4-2/h6-12,14,20H,3-5,13H2,1-2H3. The summed E-state index contributed by atoms with van der Waals surface area (Å²) in [6, 6.07) is 14.2. The molecule has 1 atom stereocenters. The summed E-state index contributed by atoms with van der Waals surface area (Å²) in [7, 11) is 0. The van der Waals surface area contributed by atoms with Gasteiger partial charge in [0.1, 0.15) is 11.3 Å². The van der Waals surface area contributed by atoms with E-state index in [1.807, 2.05) is 31.2 Å². The van der Waals surface area contributed by atoms with Gasteiger partial charge in [0.2, 0.25) is 5.76 Å². The number of unbranched alkanes of at least 4 members (excludes halogenated alkanes) is 1. The summed E-state index contributed by atoms with van der Waals surface area (Å²) in [4.78, 5) is 27.9. The fourth-order valence-electron chi connectivity index (χ4n) is 3.75. The van der Waals surface area contributed by atoms with Crippen LogP contribution in [-0.4, -0.2) is 24.0 Å². The molecule has 4 rings (SSSR count). The Labute approximate surface area is 163 Å². The summed E-state index contributed by atoms with van der Waals surface area (Å²) >= 11 is 0. The Morgan fingerprint density at radius 3 is 2.68 bits per heavy atom. The molecule has 1 aromatic heterocycles. The summed E-state index contributed by atoms with van der Waals surface area (Å²) in [6.07, 6.45) is 2.04. The number of hydrogen-bond donors (Lipinski definition) is 0. The average Bonchev–Trinajstić information content (AvgIpc) is 3.01. The number of fused-ring (bicyclic) bond motifs is 2.